The minimum atomic E-state index is 0.466. The fraction of sp³-hybridized carbons (Fsp3) is 0.594. The van der Waals surface area contributed by atoms with E-state index in [1.165, 1.54) is 69.0 Å². The van der Waals surface area contributed by atoms with E-state index in [1.807, 2.05) is 6.07 Å². The molecule has 2 fully saturated rings. The van der Waals surface area contributed by atoms with Crippen molar-refractivity contribution in [3.63, 3.8) is 0 Å². The topological polar surface area (TPSA) is 33.5 Å². The normalized spacial score (nSPS) is 18.6. The molecule has 36 heavy (non-hydrogen) atoms. The average molecular weight is 487 g/mol. The molecule has 194 valence electrons. The molecule has 1 aliphatic carbocycles. The fourth-order valence-electron chi connectivity index (χ4n) is 6.25. The van der Waals surface area contributed by atoms with Gasteiger partial charge in [0.2, 0.25) is 0 Å². The van der Waals surface area contributed by atoms with Gasteiger partial charge < -0.3 is 4.90 Å². The predicted octanol–water partition coefficient (Wildman–Crippen LogP) is 6.95. The van der Waals surface area contributed by atoms with Crippen molar-refractivity contribution in [1.82, 2.24) is 9.80 Å². The molecule has 2 aromatic rings. The molecule has 1 aliphatic heterocycles. The Balaban J connectivity index is 1.36. The van der Waals surface area contributed by atoms with E-state index < -0.39 is 0 Å². The van der Waals surface area contributed by atoms with Crippen LogP contribution in [0.3, 0.4) is 0 Å². The third-order valence-corrected chi connectivity index (χ3v) is 8.44. The van der Waals surface area contributed by atoms with E-state index in [0.29, 0.717) is 12.1 Å². The van der Waals surface area contributed by atoms with Crippen LogP contribution in [0.4, 0.5) is 5.69 Å². The number of piperazine rings is 1. The summed E-state index contributed by atoms with van der Waals surface area (Å²) in [7, 11) is 0. The van der Waals surface area contributed by atoms with E-state index in [-0.39, 0.29) is 0 Å². The summed E-state index contributed by atoms with van der Waals surface area (Å²) in [6, 6.07) is 21.1. The summed E-state index contributed by atoms with van der Waals surface area (Å²) in [5, 5.41) is 9.38. The van der Waals surface area contributed by atoms with E-state index in [4.69, 9.17) is 0 Å². The molecule has 1 unspecified atom stereocenters. The van der Waals surface area contributed by atoms with Gasteiger partial charge in [-0.1, -0.05) is 75.8 Å². The second-order valence-electron chi connectivity index (χ2n) is 10.9. The van der Waals surface area contributed by atoms with E-state index in [2.05, 4.69) is 77.1 Å². The third kappa shape index (κ3) is 7.11. The zero-order chi connectivity index (χ0) is 25.2. The molecular formula is C32H46N4. The lowest BCUT2D eigenvalue weighted by atomic mass is 9.93. The molecule has 0 aromatic heterocycles. The minimum Gasteiger partial charge on any atom is -0.367 e. The first-order valence-electron chi connectivity index (χ1n) is 14.5. The van der Waals surface area contributed by atoms with Crippen LogP contribution in [0.1, 0.15) is 87.4 Å². The standard InChI is InChI=1S/C32H46N4/c1-3-4-7-16-32(28-17-18-29(26-33)27(2)25-28)35-22-19-34(20-23-35)21-24-36(30-12-8-5-9-13-30)31-14-10-6-11-15-31/h5,8-9,12-13,17-18,25,31-32H,3-4,6-7,10-11,14-16,19-24H2,1-2H3. The van der Waals surface area contributed by atoms with Crippen molar-refractivity contribution in [1.29, 1.82) is 5.26 Å². The maximum Gasteiger partial charge on any atom is 0.0994 e. The highest BCUT2D eigenvalue weighted by molar-refractivity contribution is 5.47. The first kappa shape index (κ1) is 26.7. The van der Waals surface area contributed by atoms with Crippen molar-refractivity contribution < 1.29 is 0 Å². The van der Waals surface area contributed by atoms with E-state index in [9.17, 15) is 5.26 Å². The monoisotopic (exact) mass is 486 g/mol. The maximum atomic E-state index is 9.38. The van der Waals surface area contributed by atoms with Gasteiger partial charge in [0.1, 0.15) is 0 Å². The number of aryl methyl sites for hydroxylation is 1. The predicted molar refractivity (Wildman–Crippen MR) is 151 cm³/mol. The summed E-state index contributed by atoms with van der Waals surface area (Å²) in [5.41, 5.74) is 4.70. The van der Waals surface area contributed by atoms with Crippen molar-refractivity contribution in [2.45, 2.75) is 83.7 Å². The van der Waals surface area contributed by atoms with Crippen LogP contribution in [0.5, 0.6) is 0 Å². The molecule has 2 aliphatic rings. The van der Waals surface area contributed by atoms with Crippen LogP contribution in [0.15, 0.2) is 48.5 Å². The van der Waals surface area contributed by atoms with Crippen LogP contribution in [0.2, 0.25) is 0 Å². The number of unbranched alkanes of at least 4 members (excludes halogenated alkanes) is 2. The van der Waals surface area contributed by atoms with E-state index >= 15 is 0 Å². The van der Waals surface area contributed by atoms with Gasteiger partial charge in [0.15, 0.2) is 0 Å². The van der Waals surface area contributed by atoms with Crippen LogP contribution in [0, 0.1) is 18.3 Å². The van der Waals surface area contributed by atoms with Gasteiger partial charge in [-0.2, -0.15) is 5.26 Å². The number of anilines is 1. The number of rotatable bonds is 11. The Bertz CT molecular complexity index is 952. The Labute approximate surface area is 219 Å². The lowest BCUT2D eigenvalue weighted by Crippen LogP contribution is -2.50. The van der Waals surface area contributed by atoms with Crippen LogP contribution in [-0.4, -0.2) is 55.1 Å². The molecule has 1 atom stereocenters. The van der Waals surface area contributed by atoms with Gasteiger partial charge in [0, 0.05) is 57.0 Å². The zero-order valence-corrected chi connectivity index (χ0v) is 22.7. The van der Waals surface area contributed by atoms with Gasteiger partial charge in [0.25, 0.3) is 0 Å². The summed E-state index contributed by atoms with van der Waals surface area (Å²) >= 11 is 0. The highest BCUT2D eigenvalue weighted by Gasteiger charge is 2.27. The molecule has 0 amide bonds. The molecule has 4 nitrogen and oxygen atoms in total. The smallest absolute Gasteiger partial charge is 0.0994 e. The second kappa shape index (κ2) is 13.8. The molecule has 0 bridgehead atoms. The summed E-state index contributed by atoms with van der Waals surface area (Å²) in [6.45, 7) is 11.2. The molecular weight excluding hydrogens is 440 g/mol. The minimum absolute atomic E-state index is 0.466. The molecule has 4 heteroatoms. The largest absolute Gasteiger partial charge is 0.367 e. The summed E-state index contributed by atoms with van der Waals surface area (Å²) in [4.78, 5) is 8.10. The van der Waals surface area contributed by atoms with Gasteiger partial charge in [-0.15, -0.1) is 0 Å². The molecule has 0 radical (unpaired) electrons. The SMILES string of the molecule is CCCCCC(c1ccc(C#N)c(C)c1)N1CCN(CCN(c2ccccc2)C2CCCCC2)CC1. The Morgan fingerprint density at radius 1 is 0.972 bits per heavy atom. The lowest BCUT2D eigenvalue weighted by molar-refractivity contribution is 0.0916. The van der Waals surface area contributed by atoms with Crippen LogP contribution >= 0.6 is 0 Å². The highest BCUT2D eigenvalue weighted by Crippen LogP contribution is 2.30. The molecule has 0 N–H and O–H groups in total. The number of hydrogen-bond acceptors (Lipinski definition) is 4. The lowest BCUT2D eigenvalue weighted by Gasteiger charge is -2.42. The Kier molecular flexibility index (Phi) is 10.3. The van der Waals surface area contributed by atoms with Crippen molar-refractivity contribution >= 4 is 5.69 Å². The number of hydrogen-bond donors (Lipinski definition) is 0. The van der Waals surface area contributed by atoms with Gasteiger partial charge in [-0.25, -0.2) is 0 Å². The first-order valence-corrected chi connectivity index (χ1v) is 14.5. The summed E-state index contributed by atoms with van der Waals surface area (Å²) < 4.78 is 0. The Morgan fingerprint density at radius 3 is 2.39 bits per heavy atom. The van der Waals surface area contributed by atoms with Crippen molar-refractivity contribution in [3.8, 4) is 6.07 Å². The summed E-state index contributed by atoms with van der Waals surface area (Å²) in [5.74, 6) is 0. The van der Waals surface area contributed by atoms with Crippen LogP contribution in [-0.2, 0) is 0 Å². The van der Waals surface area contributed by atoms with Gasteiger partial charge in [-0.3, -0.25) is 9.80 Å². The van der Waals surface area contributed by atoms with Gasteiger partial charge in [0.05, 0.1) is 11.6 Å². The highest BCUT2D eigenvalue weighted by atomic mass is 15.3. The van der Waals surface area contributed by atoms with Gasteiger partial charge >= 0.3 is 0 Å². The van der Waals surface area contributed by atoms with E-state index in [1.54, 1.807) is 0 Å². The fourth-order valence-corrected chi connectivity index (χ4v) is 6.25. The van der Waals surface area contributed by atoms with Crippen LogP contribution < -0.4 is 4.90 Å². The van der Waals surface area contributed by atoms with E-state index in [0.717, 1.165) is 50.4 Å². The Hall–Kier alpha value is -2.35. The second-order valence-corrected chi connectivity index (χ2v) is 10.9. The number of para-hydroxylation sites is 1. The maximum absolute atomic E-state index is 9.38. The third-order valence-electron chi connectivity index (χ3n) is 8.44. The average Bonchev–Trinajstić information content (AvgIpc) is 2.93. The molecule has 1 saturated heterocycles. The quantitative estimate of drug-likeness (QED) is 0.322. The number of nitrogens with zero attached hydrogens (tertiary/aromatic N) is 4. The molecule has 0 spiro atoms. The molecule has 1 heterocycles. The van der Waals surface area contributed by atoms with Crippen molar-refractivity contribution in [2.75, 3.05) is 44.2 Å². The van der Waals surface area contributed by atoms with Crippen molar-refractivity contribution in [2.24, 2.45) is 0 Å². The number of nitriles is 1. The molecule has 4 rings (SSSR count). The number of benzene rings is 2. The molecule has 1 saturated carbocycles. The zero-order valence-electron chi connectivity index (χ0n) is 22.7. The first-order chi connectivity index (χ1) is 17.7. The van der Waals surface area contributed by atoms with Crippen LogP contribution in [0.25, 0.3) is 0 Å². The summed E-state index contributed by atoms with van der Waals surface area (Å²) in [6.07, 6.45) is 11.9. The Morgan fingerprint density at radius 2 is 1.72 bits per heavy atom. The van der Waals surface area contributed by atoms with Crippen molar-refractivity contribution in [3.05, 3.63) is 65.2 Å². The molecule has 2 aromatic carbocycles. The van der Waals surface area contributed by atoms with Gasteiger partial charge in [-0.05, 0) is 55.5 Å².